The van der Waals surface area contributed by atoms with Crippen molar-refractivity contribution >= 4 is 28.4 Å². The largest absolute Gasteiger partial charge is 0.331 e. The van der Waals surface area contributed by atoms with E-state index in [9.17, 15) is 0 Å². The monoisotopic (exact) mass is 744 g/mol. The number of fused-ring (bicyclic) bond motifs is 6. The van der Waals surface area contributed by atoms with Crippen molar-refractivity contribution in [1.82, 2.24) is 0 Å². The Morgan fingerprint density at radius 2 is 1.22 bits per heavy atom. The van der Waals surface area contributed by atoms with Gasteiger partial charge < -0.3 is 9.80 Å². The van der Waals surface area contributed by atoms with Gasteiger partial charge in [0, 0.05) is 34.4 Å². The Kier molecular flexibility index (Phi) is 8.08. The molecule has 0 saturated heterocycles. The van der Waals surface area contributed by atoms with Crippen LogP contribution in [0.25, 0.3) is 22.3 Å². The third-order valence-corrected chi connectivity index (χ3v) is 13.0. The van der Waals surface area contributed by atoms with E-state index in [4.69, 9.17) is 0 Å². The van der Waals surface area contributed by atoms with E-state index in [0.29, 0.717) is 5.92 Å². The smallest absolute Gasteiger partial charge is 0.0712 e. The fourth-order valence-corrected chi connectivity index (χ4v) is 10.4. The Morgan fingerprint density at radius 1 is 0.569 bits per heavy atom. The molecular weight excluding hydrogens is 701 g/mol. The van der Waals surface area contributed by atoms with E-state index in [2.05, 4.69) is 235 Å². The molecule has 2 nitrogen and oxygen atoms in total. The highest BCUT2D eigenvalue weighted by molar-refractivity contribution is 5.90. The molecule has 3 atom stereocenters. The van der Waals surface area contributed by atoms with E-state index in [1.165, 1.54) is 61.5 Å². The van der Waals surface area contributed by atoms with Crippen molar-refractivity contribution in [2.75, 3.05) is 9.80 Å². The van der Waals surface area contributed by atoms with Crippen molar-refractivity contribution < 1.29 is 0 Å². The third-order valence-electron chi connectivity index (χ3n) is 13.0. The zero-order chi connectivity index (χ0) is 38.7. The van der Waals surface area contributed by atoms with E-state index < -0.39 is 5.41 Å². The van der Waals surface area contributed by atoms with Crippen LogP contribution in [0.15, 0.2) is 224 Å². The molecule has 58 heavy (non-hydrogen) atoms. The van der Waals surface area contributed by atoms with E-state index >= 15 is 0 Å². The average Bonchev–Trinajstić information content (AvgIpc) is 3.74. The molecule has 0 fully saturated rings. The SMILES string of the molecule is CC12C=CC=CC1c1ccccc1N2c1ccc(-c2ccc(N(c3ccccc3)c3ccc4c(c3)C(C3=CCCC=C3)(c3ccccc3)c3ccccc3-4)cc2)cc1. The van der Waals surface area contributed by atoms with Gasteiger partial charge in [-0.15, -0.1) is 0 Å². The zero-order valence-corrected chi connectivity index (χ0v) is 32.7. The highest BCUT2D eigenvalue weighted by Gasteiger charge is 2.48. The quantitative estimate of drug-likeness (QED) is 0.160. The summed E-state index contributed by atoms with van der Waals surface area (Å²) in [5.74, 6) is 0.324. The molecule has 0 N–H and O–H groups in total. The van der Waals surface area contributed by atoms with Crippen LogP contribution < -0.4 is 9.80 Å². The first-order valence-corrected chi connectivity index (χ1v) is 20.6. The lowest BCUT2D eigenvalue weighted by Gasteiger charge is -2.39. The van der Waals surface area contributed by atoms with Crippen LogP contribution in [0.1, 0.15) is 47.9 Å². The number of para-hydroxylation sites is 2. The van der Waals surface area contributed by atoms with Crippen molar-refractivity contribution in [3.05, 3.63) is 246 Å². The van der Waals surface area contributed by atoms with Gasteiger partial charge in [0.15, 0.2) is 0 Å². The van der Waals surface area contributed by atoms with Crippen LogP contribution in [-0.2, 0) is 5.41 Å². The van der Waals surface area contributed by atoms with Crippen LogP contribution >= 0.6 is 0 Å². The molecular formula is C56H44N2. The topological polar surface area (TPSA) is 6.48 Å². The summed E-state index contributed by atoms with van der Waals surface area (Å²) in [5.41, 5.74) is 17.0. The van der Waals surface area contributed by atoms with Gasteiger partial charge in [0.25, 0.3) is 0 Å². The molecule has 278 valence electrons. The Labute approximate surface area is 342 Å². The average molecular weight is 745 g/mol. The molecule has 3 unspecified atom stereocenters. The lowest BCUT2D eigenvalue weighted by molar-refractivity contribution is 0.542. The number of allylic oxidation sites excluding steroid dienone is 6. The predicted molar refractivity (Wildman–Crippen MR) is 243 cm³/mol. The molecule has 0 radical (unpaired) electrons. The first-order chi connectivity index (χ1) is 28.6. The summed E-state index contributed by atoms with van der Waals surface area (Å²) < 4.78 is 0. The summed E-state index contributed by atoms with van der Waals surface area (Å²) in [6, 6.07) is 65.1. The molecule has 11 rings (SSSR count). The highest BCUT2D eigenvalue weighted by atomic mass is 15.2. The summed E-state index contributed by atoms with van der Waals surface area (Å²) in [4.78, 5) is 4.92. The molecule has 0 saturated carbocycles. The lowest BCUT2D eigenvalue weighted by Crippen LogP contribution is -2.41. The molecule has 0 aromatic heterocycles. The predicted octanol–water partition coefficient (Wildman–Crippen LogP) is 14.5. The van der Waals surface area contributed by atoms with E-state index in [1.807, 2.05) is 0 Å². The number of hydrogen-bond donors (Lipinski definition) is 0. The minimum absolute atomic E-state index is 0.145. The Balaban J connectivity index is 0.988. The van der Waals surface area contributed by atoms with Crippen LogP contribution in [0.3, 0.4) is 0 Å². The summed E-state index contributed by atoms with van der Waals surface area (Å²) >= 11 is 0. The molecule has 1 aliphatic heterocycles. The van der Waals surface area contributed by atoms with Gasteiger partial charge in [0.05, 0.1) is 11.0 Å². The summed E-state index contributed by atoms with van der Waals surface area (Å²) in [6.45, 7) is 2.36. The first kappa shape index (κ1) is 34.4. The molecule has 0 bridgehead atoms. The second-order valence-corrected chi connectivity index (χ2v) is 16.1. The number of benzene rings is 7. The molecule has 7 aromatic carbocycles. The minimum atomic E-state index is -0.419. The normalized spacial score (nSPS) is 20.9. The number of anilines is 5. The Morgan fingerprint density at radius 3 is 2.00 bits per heavy atom. The van der Waals surface area contributed by atoms with Gasteiger partial charge in [0.1, 0.15) is 0 Å². The first-order valence-electron chi connectivity index (χ1n) is 20.6. The summed E-state index contributed by atoms with van der Waals surface area (Å²) in [7, 11) is 0. The fourth-order valence-electron chi connectivity index (χ4n) is 10.4. The van der Waals surface area contributed by atoms with Crippen LogP contribution in [-0.4, -0.2) is 5.54 Å². The molecule has 3 aliphatic carbocycles. The Hall–Kier alpha value is -6.90. The van der Waals surface area contributed by atoms with Crippen molar-refractivity contribution in [1.29, 1.82) is 0 Å². The maximum Gasteiger partial charge on any atom is 0.0712 e. The van der Waals surface area contributed by atoms with E-state index in [-0.39, 0.29) is 5.54 Å². The summed E-state index contributed by atoms with van der Waals surface area (Å²) in [6.07, 6.45) is 18.4. The van der Waals surface area contributed by atoms with Gasteiger partial charge >= 0.3 is 0 Å². The maximum atomic E-state index is 2.51. The standard InChI is InChI=1S/C56H44N2/c1-55-38-16-15-25-51(55)50-24-12-14-27-54(50)58(55)46-34-30-41(31-35-46)40-28-32-45(33-29-40)57(44-21-9-4-10-22-44)47-36-37-49-48-23-11-13-26-52(48)56(53(49)39-47,42-17-5-2-6-18-42)43-19-7-3-8-20-43/h2,4-7,9-39,51H,3,8H2,1H3. The second kappa shape index (κ2) is 13.6. The zero-order valence-electron chi connectivity index (χ0n) is 32.7. The highest BCUT2D eigenvalue weighted by Crippen LogP contribution is 2.58. The van der Waals surface area contributed by atoms with E-state index in [0.717, 1.165) is 29.9 Å². The number of rotatable bonds is 7. The van der Waals surface area contributed by atoms with Gasteiger partial charge in [-0.2, -0.15) is 0 Å². The van der Waals surface area contributed by atoms with Gasteiger partial charge in [-0.1, -0.05) is 164 Å². The fraction of sp³-hybridized carbons (Fsp3) is 0.107. The third kappa shape index (κ3) is 5.18. The van der Waals surface area contributed by atoms with E-state index in [1.54, 1.807) is 0 Å². The van der Waals surface area contributed by atoms with Gasteiger partial charge in [-0.05, 0) is 124 Å². The van der Waals surface area contributed by atoms with Gasteiger partial charge in [-0.25, -0.2) is 0 Å². The van der Waals surface area contributed by atoms with Gasteiger partial charge in [0.2, 0.25) is 0 Å². The van der Waals surface area contributed by atoms with Crippen LogP contribution in [0.2, 0.25) is 0 Å². The molecule has 7 aromatic rings. The second-order valence-electron chi connectivity index (χ2n) is 16.1. The number of nitrogens with zero attached hydrogens (tertiary/aromatic N) is 2. The number of hydrogen-bond acceptors (Lipinski definition) is 2. The molecule has 0 amide bonds. The molecule has 1 heterocycles. The molecule has 0 spiro atoms. The van der Waals surface area contributed by atoms with Crippen LogP contribution in [0.5, 0.6) is 0 Å². The van der Waals surface area contributed by atoms with Crippen molar-refractivity contribution in [3.8, 4) is 22.3 Å². The van der Waals surface area contributed by atoms with Crippen LogP contribution in [0, 0.1) is 0 Å². The Bertz CT molecular complexity index is 2790. The summed E-state index contributed by atoms with van der Waals surface area (Å²) in [5, 5.41) is 0. The minimum Gasteiger partial charge on any atom is -0.331 e. The maximum absolute atomic E-state index is 2.51. The molecule has 2 heteroatoms. The lowest BCUT2D eigenvalue weighted by atomic mass is 9.66. The van der Waals surface area contributed by atoms with Crippen molar-refractivity contribution in [3.63, 3.8) is 0 Å². The van der Waals surface area contributed by atoms with Crippen molar-refractivity contribution in [2.24, 2.45) is 0 Å². The van der Waals surface area contributed by atoms with Gasteiger partial charge in [-0.3, -0.25) is 0 Å². The van der Waals surface area contributed by atoms with Crippen molar-refractivity contribution in [2.45, 2.75) is 36.6 Å². The molecule has 4 aliphatic rings. The van der Waals surface area contributed by atoms with Crippen LogP contribution in [0.4, 0.5) is 28.4 Å².